The van der Waals surface area contributed by atoms with E-state index in [4.69, 9.17) is 8.92 Å². The number of alkyl halides is 3. The van der Waals surface area contributed by atoms with E-state index < -0.39 is 49.0 Å². The highest BCUT2D eigenvalue weighted by molar-refractivity contribution is 8.36. The molecule has 4 aromatic rings. The largest absolute Gasteiger partial charge is 0.512 e. The fourth-order valence-electron chi connectivity index (χ4n) is 4.16. The van der Waals surface area contributed by atoms with E-state index in [0.29, 0.717) is 24.1 Å². The van der Waals surface area contributed by atoms with Crippen LogP contribution < -0.4 is 4.74 Å². The molecule has 0 aliphatic heterocycles. The molecule has 0 saturated carbocycles. The molecular weight excluding hydrogens is 600 g/mol. The second-order valence-electron chi connectivity index (χ2n) is 8.45. The Kier molecular flexibility index (Phi) is 9.14. The fraction of sp³-hybridized carbons (Fsp3) is 0.143. The second kappa shape index (κ2) is 12.2. The second-order valence-corrected chi connectivity index (χ2v) is 15.2. The average Bonchev–Trinajstić information content (AvgIpc) is 2.98. The zero-order valence-electron chi connectivity index (χ0n) is 21.6. The van der Waals surface area contributed by atoms with Gasteiger partial charge in [-0.05, 0) is 60.7 Å². The fourth-order valence-corrected chi connectivity index (χ4v) is 11.3. The molecule has 4 aromatic carbocycles. The molecule has 0 aliphatic carbocycles. The van der Waals surface area contributed by atoms with Crippen LogP contribution in [0.5, 0.6) is 5.75 Å². The van der Waals surface area contributed by atoms with Crippen LogP contribution >= 0.6 is 10.2 Å². The van der Waals surface area contributed by atoms with Gasteiger partial charge in [-0.2, -0.15) is 21.6 Å². The number of halogens is 3. The number of ether oxygens (including phenoxy) is 1. The summed E-state index contributed by atoms with van der Waals surface area (Å²) < 4.78 is 106. The number of hydrogen-bond donors (Lipinski definition) is 0. The van der Waals surface area contributed by atoms with Crippen molar-refractivity contribution in [1.82, 2.24) is 3.71 Å². The topological polar surface area (TPSA) is 90.0 Å². The first kappa shape index (κ1) is 30.6. The minimum atomic E-state index is -6.05. The molecule has 0 spiro atoms. The molecule has 0 bridgehead atoms. The summed E-state index contributed by atoms with van der Waals surface area (Å²) in [5.74, 6) is 0.383. The molecule has 41 heavy (non-hydrogen) atoms. The van der Waals surface area contributed by atoms with Gasteiger partial charge in [0.15, 0.2) is 0 Å². The molecule has 0 aromatic heterocycles. The molecule has 0 N–H and O–H groups in total. The SMILES string of the molecule is COc1ccc(S(=O)(=O)OCCN(S(c2ccccc2)(c2ccccc2)c2ccccc2)S(=O)(=O)C(F)(F)F)cc1. The quantitative estimate of drug-likeness (QED) is 0.178. The Labute approximate surface area is 238 Å². The van der Waals surface area contributed by atoms with E-state index in [1.165, 1.54) is 31.4 Å². The van der Waals surface area contributed by atoms with Crippen molar-refractivity contribution in [2.45, 2.75) is 25.1 Å². The summed E-state index contributed by atoms with van der Waals surface area (Å²) in [7, 11) is -12.5. The maximum Gasteiger partial charge on any atom is 0.512 e. The highest BCUT2D eigenvalue weighted by atomic mass is 32.3. The van der Waals surface area contributed by atoms with Gasteiger partial charge in [-0.15, -0.1) is 3.71 Å². The van der Waals surface area contributed by atoms with Gasteiger partial charge in [0.25, 0.3) is 10.1 Å². The zero-order chi connectivity index (χ0) is 29.7. The Morgan fingerprint density at radius 1 is 0.634 bits per heavy atom. The smallest absolute Gasteiger partial charge is 0.497 e. The van der Waals surface area contributed by atoms with Crippen molar-refractivity contribution in [2.75, 3.05) is 20.3 Å². The Morgan fingerprint density at radius 2 is 1.05 bits per heavy atom. The van der Waals surface area contributed by atoms with Crippen molar-refractivity contribution in [2.24, 2.45) is 0 Å². The van der Waals surface area contributed by atoms with Crippen LogP contribution in [0.3, 0.4) is 0 Å². The number of nitrogens with zero attached hydrogens (tertiary/aromatic N) is 1. The van der Waals surface area contributed by atoms with Gasteiger partial charge in [-0.25, -0.2) is 8.42 Å². The summed E-state index contributed by atoms with van der Waals surface area (Å²) in [5.41, 5.74) is -5.70. The van der Waals surface area contributed by atoms with Crippen molar-refractivity contribution < 1.29 is 38.9 Å². The van der Waals surface area contributed by atoms with Crippen molar-refractivity contribution >= 4 is 30.4 Å². The summed E-state index contributed by atoms with van der Waals surface area (Å²) in [6, 6.07) is 29.2. The molecule has 0 amide bonds. The molecule has 0 fully saturated rings. The Bertz CT molecular complexity index is 1560. The highest BCUT2D eigenvalue weighted by Gasteiger charge is 2.56. The van der Waals surface area contributed by atoms with Gasteiger partial charge in [0, 0.05) is 21.2 Å². The van der Waals surface area contributed by atoms with E-state index in [1.807, 2.05) is 0 Å². The van der Waals surface area contributed by atoms with Gasteiger partial charge < -0.3 is 4.74 Å². The van der Waals surface area contributed by atoms with Crippen LogP contribution in [-0.4, -0.2) is 46.3 Å². The molecule has 13 heteroatoms. The van der Waals surface area contributed by atoms with E-state index in [2.05, 4.69) is 0 Å². The summed E-state index contributed by atoms with van der Waals surface area (Å²) >= 11 is 0. The number of rotatable bonds is 11. The van der Waals surface area contributed by atoms with Gasteiger partial charge in [0.1, 0.15) is 5.75 Å². The highest BCUT2D eigenvalue weighted by Crippen LogP contribution is 2.72. The summed E-state index contributed by atoms with van der Waals surface area (Å²) in [6.45, 7) is -1.81. The lowest BCUT2D eigenvalue weighted by molar-refractivity contribution is -0.0469. The predicted molar refractivity (Wildman–Crippen MR) is 150 cm³/mol. The van der Waals surface area contributed by atoms with Gasteiger partial charge in [-0.1, -0.05) is 64.8 Å². The van der Waals surface area contributed by atoms with Gasteiger partial charge in [-0.3, -0.25) is 4.18 Å². The first-order valence-electron chi connectivity index (χ1n) is 12.1. The third kappa shape index (κ3) is 6.14. The van der Waals surface area contributed by atoms with Crippen LogP contribution in [0.2, 0.25) is 0 Å². The number of benzene rings is 4. The molecule has 0 aliphatic rings. The molecule has 0 saturated heterocycles. The third-order valence-electron chi connectivity index (χ3n) is 5.98. The molecule has 4 rings (SSSR count). The van der Waals surface area contributed by atoms with Crippen molar-refractivity contribution in [3.63, 3.8) is 0 Å². The molecule has 218 valence electrons. The molecule has 0 heterocycles. The van der Waals surface area contributed by atoms with E-state index >= 15 is 0 Å². The van der Waals surface area contributed by atoms with Crippen LogP contribution in [0.1, 0.15) is 0 Å². The maximum atomic E-state index is 14.4. The van der Waals surface area contributed by atoms with Gasteiger partial charge in [0.2, 0.25) is 0 Å². The number of sulfonamides is 1. The summed E-state index contributed by atoms with van der Waals surface area (Å²) in [5, 5.41) is 0. The third-order valence-corrected chi connectivity index (χ3v) is 13.5. The lowest BCUT2D eigenvalue weighted by atomic mass is 10.3. The van der Waals surface area contributed by atoms with E-state index in [0.717, 1.165) is 0 Å². The van der Waals surface area contributed by atoms with E-state index in [1.54, 1.807) is 91.0 Å². The molecule has 7 nitrogen and oxygen atoms in total. The van der Waals surface area contributed by atoms with Crippen LogP contribution in [0.15, 0.2) is 135 Å². The van der Waals surface area contributed by atoms with Crippen molar-refractivity contribution in [1.29, 1.82) is 0 Å². The van der Waals surface area contributed by atoms with Crippen LogP contribution in [-0.2, 0) is 24.3 Å². The number of methoxy groups -OCH3 is 1. The van der Waals surface area contributed by atoms with E-state index in [9.17, 15) is 30.0 Å². The molecule has 0 radical (unpaired) electrons. The average molecular weight is 626 g/mol. The lowest BCUT2D eigenvalue weighted by Gasteiger charge is -2.48. The minimum absolute atomic E-state index is 0.267. The zero-order valence-corrected chi connectivity index (χ0v) is 24.1. The Hall–Kier alpha value is -3.36. The predicted octanol–water partition coefficient (Wildman–Crippen LogP) is 6.45. The van der Waals surface area contributed by atoms with Crippen molar-refractivity contribution in [3.8, 4) is 5.75 Å². The van der Waals surface area contributed by atoms with Crippen LogP contribution in [0.25, 0.3) is 0 Å². The van der Waals surface area contributed by atoms with E-state index in [-0.39, 0.29) is 4.90 Å². The lowest BCUT2D eigenvalue weighted by Crippen LogP contribution is -2.44. The first-order chi connectivity index (χ1) is 19.4. The number of hydrogen-bond acceptors (Lipinski definition) is 6. The monoisotopic (exact) mass is 625 g/mol. The summed E-state index contributed by atoms with van der Waals surface area (Å²) in [4.78, 5) is 0.617. The van der Waals surface area contributed by atoms with Gasteiger partial charge >= 0.3 is 15.5 Å². The molecule has 0 unspecified atom stereocenters. The maximum absolute atomic E-state index is 14.4. The van der Waals surface area contributed by atoms with Crippen molar-refractivity contribution in [3.05, 3.63) is 115 Å². The first-order valence-corrected chi connectivity index (χ1v) is 16.5. The van der Waals surface area contributed by atoms with Crippen LogP contribution in [0.4, 0.5) is 13.2 Å². The normalized spacial score (nSPS) is 13.2. The Balaban J connectivity index is 1.90. The van der Waals surface area contributed by atoms with Gasteiger partial charge in [0.05, 0.1) is 18.6 Å². The minimum Gasteiger partial charge on any atom is -0.497 e. The molecular formula is C28H26F3NO6S3. The standard InChI is InChI=1S/C28H26F3NO6S3/c1-37-23-17-19-27(20-18-23)40(33,34)38-22-21-32(41(35,36)28(29,30)31)39(24-11-5-2-6-12-24,25-13-7-3-8-14-25)26-15-9-4-10-16-26/h2-20H,21-22H2,1H3. The Morgan fingerprint density at radius 3 is 1.41 bits per heavy atom. The summed E-state index contributed by atoms with van der Waals surface area (Å²) in [6.07, 6.45) is 0. The van der Waals surface area contributed by atoms with Crippen LogP contribution in [0, 0.1) is 0 Å². The molecule has 0 atom stereocenters.